The van der Waals surface area contributed by atoms with E-state index in [0.717, 1.165) is 19.3 Å². The van der Waals surface area contributed by atoms with E-state index in [9.17, 15) is 18.4 Å². The Morgan fingerprint density at radius 3 is 1.42 bits per heavy atom. The molecule has 0 aromatic heterocycles. The number of hydrogen-bond acceptors (Lipinski definition) is 6. The van der Waals surface area contributed by atoms with Gasteiger partial charge in [0.2, 0.25) is 0 Å². The third kappa shape index (κ3) is 31.0. The fraction of sp³-hybridized carbons (Fsp3) is 0.909. The van der Waals surface area contributed by atoms with Crippen molar-refractivity contribution in [2.75, 3.05) is 6.61 Å². The number of carbonyl (C=O) groups excluding carboxylic acids is 2. The molecule has 31 heavy (non-hydrogen) atoms. The zero-order valence-corrected chi connectivity index (χ0v) is 25.1. The SMILES string of the molecule is CCCCCCCCCCCCCCCCCCOC(=O)CCC(=O)OS(=O)[O-].[H-].[H-].[Na+].[Na+]. The van der Waals surface area contributed by atoms with Crippen LogP contribution in [0.3, 0.4) is 0 Å². The molecule has 0 N–H and O–H groups in total. The average Bonchev–Trinajstić information content (AvgIpc) is 2.68. The fourth-order valence-corrected chi connectivity index (χ4v) is 3.47. The monoisotopic (exact) mass is 481 g/mol. The molecule has 9 heteroatoms. The smallest absolute Gasteiger partial charge is 1.00 e. The van der Waals surface area contributed by atoms with E-state index in [1.807, 2.05) is 0 Å². The molecule has 0 spiro atoms. The van der Waals surface area contributed by atoms with Crippen LogP contribution in [-0.4, -0.2) is 27.3 Å². The first-order valence-electron chi connectivity index (χ1n) is 11.5. The van der Waals surface area contributed by atoms with Crippen LogP contribution in [0.1, 0.15) is 125 Å². The van der Waals surface area contributed by atoms with Gasteiger partial charge < -0.3 is 16.3 Å². The summed E-state index contributed by atoms with van der Waals surface area (Å²) in [7, 11) is 0. The van der Waals surface area contributed by atoms with Crippen LogP contribution < -0.4 is 59.1 Å². The molecule has 1 atom stereocenters. The second-order valence-corrected chi connectivity index (χ2v) is 8.26. The van der Waals surface area contributed by atoms with Gasteiger partial charge in [0, 0.05) is 0 Å². The second-order valence-electron chi connectivity index (χ2n) is 7.68. The Morgan fingerprint density at radius 1 is 0.677 bits per heavy atom. The molecule has 0 saturated heterocycles. The topological polar surface area (TPSA) is 92.7 Å². The van der Waals surface area contributed by atoms with Gasteiger partial charge in [-0.05, 0) is 6.42 Å². The molecule has 0 aromatic carbocycles. The van der Waals surface area contributed by atoms with E-state index in [2.05, 4.69) is 11.1 Å². The van der Waals surface area contributed by atoms with E-state index in [1.54, 1.807) is 0 Å². The number of unbranched alkanes of at least 4 members (excludes halogenated alkanes) is 15. The van der Waals surface area contributed by atoms with E-state index in [4.69, 9.17) is 4.74 Å². The average molecular weight is 482 g/mol. The van der Waals surface area contributed by atoms with Crippen LogP contribution in [0.5, 0.6) is 0 Å². The summed E-state index contributed by atoms with van der Waals surface area (Å²) in [5, 5.41) is 0. The van der Waals surface area contributed by atoms with Crippen LogP contribution in [-0.2, 0) is 29.9 Å². The Morgan fingerprint density at radius 2 is 1.03 bits per heavy atom. The first kappa shape index (κ1) is 36.6. The molecule has 0 rings (SSSR count). The molecule has 0 aliphatic rings. The maximum absolute atomic E-state index is 11.4. The van der Waals surface area contributed by atoms with E-state index in [-0.39, 0.29) is 74.8 Å². The van der Waals surface area contributed by atoms with Crippen LogP contribution in [0, 0.1) is 0 Å². The summed E-state index contributed by atoms with van der Waals surface area (Å²) in [5.41, 5.74) is 0. The van der Waals surface area contributed by atoms with Crippen LogP contribution in [0.25, 0.3) is 0 Å². The summed E-state index contributed by atoms with van der Waals surface area (Å²) in [6.45, 7) is 2.61. The van der Waals surface area contributed by atoms with Crippen molar-refractivity contribution in [3.63, 3.8) is 0 Å². The largest absolute Gasteiger partial charge is 1.00 e. The van der Waals surface area contributed by atoms with Gasteiger partial charge >= 0.3 is 71.1 Å². The van der Waals surface area contributed by atoms with Gasteiger partial charge in [-0.15, -0.1) is 0 Å². The minimum atomic E-state index is -2.88. The van der Waals surface area contributed by atoms with Crippen molar-refractivity contribution >= 4 is 23.3 Å². The van der Waals surface area contributed by atoms with Crippen molar-refractivity contribution in [3.05, 3.63) is 0 Å². The molecule has 1 unspecified atom stereocenters. The summed E-state index contributed by atoms with van der Waals surface area (Å²) in [5.74, 6) is -1.45. The van der Waals surface area contributed by atoms with Gasteiger partial charge in [-0.1, -0.05) is 103 Å². The van der Waals surface area contributed by atoms with Crippen LogP contribution in [0.15, 0.2) is 0 Å². The first-order chi connectivity index (χ1) is 14.1. The molecule has 176 valence electrons. The van der Waals surface area contributed by atoms with Crippen molar-refractivity contribution in [2.45, 2.75) is 122 Å². The molecule has 6 nitrogen and oxygen atoms in total. The van der Waals surface area contributed by atoms with Gasteiger partial charge in [-0.25, -0.2) is 4.21 Å². The number of carbonyl (C=O) groups is 2. The maximum atomic E-state index is 11.4. The second kappa shape index (κ2) is 29.1. The van der Waals surface area contributed by atoms with Crippen LogP contribution in [0.4, 0.5) is 0 Å². The van der Waals surface area contributed by atoms with Gasteiger partial charge in [0.15, 0.2) is 0 Å². The molecule has 0 heterocycles. The summed E-state index contributed by atoms with van der Waals surface area (Å²) in [4.78, 5) is 22.4. The normalized spacial score (nSPS) is 11.2. The Kier molecular flexibility index (Phi) is 34.3. The summed E-state index contributed by atoms with van der Waals surface area (Å²) < 4.78 is 29.2. The number of ether oxygens (including phenoxy) is 1. The molecule has 0 aromatic rings. The fourth-order valence-electron chi connectivity index (χ4n) is 3.23. The van der Waals surface area contributed by atoms with Gasteiger partial charge in [0.25, 0.3) is 0 Å². The maximum Gasteiger partial charge on any atom is 1.00 e. The summed E-state index contributed by atoms with van der Waals surface area (Å²) in [6.07, 6.45) is 20.2. The predicted molar refractivity (Wildman–Crippen MR) is 117 cm³/mol. The van der Waals surface area contributed by atoms with E-state index >= 15 is 0 Å². The zero-order valence-electron chi connectivity index (χ0n) is 22.3. The molecule has 0 amide bonds. The van der Waals surface area contributed by atoms with Crippen molar-refractivity contribution in [3.8, 4) is 0 Å². The van der Waals surface area contributed by atoms with Crippen molar-refractivity contribution in [1.29, 1.82) is 0 Å². The Hall–Kier alpha value is 1.05. The minimum Gasteiger partial charge on any atom is -1.00 e. The molecule has 0 radical (unpaired) electrons. The third-order valence-corrected chi connectivity index (χ3v) is 5.28. The van der Waals surface area contributed by atoms with Crippen LogP contribution >= 0.6 is 0 Å². The van der Waals surface area contributed by atoms with E-state index < -0.39 is 23.3 Å². The molecule has 0 fully saturated rings. The molecule has 0 aliphatic carbocycles. The van der Waals surface area contributed by atoms with Crippen molar-refractivity contribution in [1.82, 2.24) is 0 Å². The summed E-state index contributed by atoms with van der Waals surface area (Å²) in [6, 6.07) is 0. The zero-order chi connectivity index (χ0) is 21.6. The Labute approximate surface area is 239 Å². The Bertz CT molecular complexity index is 449. The number of rotatable bonds is 21. The van der Waals surface area contributed by atoms with Gasteiger partial charge in [0.05, 0.1) is 19.4 Å². The molecule has 0 saturated carbocycles. The third-order valence-electron chi connectivity index (χ3n) is 4.96. The summed E-state index contributed by atoms with van der Waals surface area (Å²) >= 11 is -2.88. The number of hydrogen-bond donors (Lipinski definition) is 0. The van der Waals surface area contributed by atoms with Gasteiger partial charge in [-0.2, -0.15) is 0 Å². The van der Waals surface area contributed by atoms with E-state index in [0.29, 0.717) is 6.61 Å². The molecule has 0 bridgehead atoms. The first-order valence-corrected chi connectivity index (χ1v) is 12.5. The van der Waals surface area contributed by atoms with Gasteiger partial charge in [0.1, 0.15) is 11.4 Å². The van der Waals surface area contributed by atoms with E-state index in [1.165, 1.54) is 83.5 Å². The van der Waals surface area contributed by atoms with Crippen molar-refractivity contribution < 1.29 is 89.2 Å². The predicted octanol–water partition coefficient (Wildman–Crippen LogP) is 0.142. The minimum absolute atomic E-state index is 0. The van der Waals surface area contributed by atoms with Gasteiger partial charge in [-0.3, -0.25) is 9.59 Å². The van der Waals surface area contributed by atoms with Crippen molar-refractivity contribution in [2.24, 2.45) is 0 Å². The molecule has 0 aliphatic heterocycles. The molecular formula is C22H43Na2O6S-. The quantitative estimate of drug-likeness (QED) is 0.100. The standard InChI is InChI=1S/C22H42O6S.2Na.2H/c1-2-3-4-5-6-7-8-9-10-11-12-13-14-15-16-17-20-27-21(23)18-19-22(24)28-29(25)26;;;;/h2-20H2,1H3,(H,25,26);;;;/q;2*+1;2*-1/p-1. The number of esters is 1. The molecular weight excluding hydrogens is 438 g/mol. The van der Waals surface area contributed by atoms with Crippen LogP contribution in [0.2, 0.25) is 0 Å². The Balaban J connectivity index is -0.000000653.